The molecule has 1 amide bonds. The van der Waals surface area contributed by atoms with Gasteiger partial charge in [-0.2, -0.15) is 0 Å². The van der Waals surface area contributed by atoms with E-state index in [1.807, 2.05) is 0 Å². The Morgan fingerprint density at radius 1 is 1.09 bits per heavy atom. The molecule has 0 aliphatic carbocycles. The second-order valence-corrected chi connectivity index (χ2v) is 5.52. The number of methoxy groups -OCH3 is 1. The zero-order valence-electron chi connectivity index (χ0n) is 12.2. The van der Waals surface area contributed by atoms with Crippen LogP contribution in [0.15, 0.2) is 12.1 Å². The largest absolute Gasteiger partial charge is 0.482 e. The molecule has 0 heterocycles. The molecule has 124 valence electrons. The SMILES string of the molecule is COCCOCCCNC(=O)COc1cc(Cl)c(Cl)cc1Cl. The van der Waals surface area contributed by atoms with Crippen LogP contribution in [0, 0.1) is 0 Å². The molecule has 0 aromatic heterocycles. The van der Waals surface area contributed by atoms with Gasteiger partial charge in [-0.05, 0) is 12.5 Å². The molecule has 1 N–H and O–H groups in total. The van der Waals surface area contributed by atoms with Gasteiger partial charge in [0, 0.05) is 26.3 Å². The van der Waals surface area contributed by atoms with Crippen LogP contribution in [-0.2, 0) is 14.3 Å². The Kier molecular flexibility index (Phi) is 9.59. The molecule has 0 spiro atoms. The van der Waals surface area contributed by atoms with E-state index in [4.69, 9.17) is 49.0 Å². The average Bonchev–Trinajstić information content (AvgIpc) is 2.48. The minimum Gasteiger partial charge on any atom is -0.482 e. The Bertz CT molecular complexity index is 485. The molecule has 1 aromatic rings. The summed E-state index contributed by atoms with van der Waals surface area (Å²) in [6, 6.07) is 2.94. The van der Waals surface area contributed by atoms with Crippen LogP contribution in [0.5, 0.6) is 5.75 Å². The highest BCUT2D eigenvalue weighted by Crippen LogP contribution is 2.33. The van der Waals surface area contributed by atoms with Crippen LogP contribution in [0.2, 0.25) is 15.1 Å². The van der Waals surface area contributed by atoms with Crippen LogP contribution in [-0.4, -0.2) is 46.0 Å². The minimum atomic E-state index is -0.251. The molecule has 0 bridgehead atoms. The van der Waals surface area contributed by atoms with E-state index in [0.29, 0.717) is 53.6 Å². The molecule has 5 nitrogen and oxygen atoms in total. The average molecular weight is 371 g/mol. The Balaban J connectivity index is 2.19. The first-order valence-electron chi connectivity index (χ1n) is 6.65. The molecule has 0 aliphatic rings. The second kappa shape index (κ2) is 10.9. The number of benzene rings is 1. The van der Waals surface area contributed by atoms with Crippen molar-refractivity contribution in [2.45, 2.75) is 6.42 Å². The summed E-state index contributed by atoms with van der Waals surface area (Å²) in [5.41, 5.74) is 0. The van der Waals surface area contributed by atoms with Crippen LogP contribution in [0.25, 0.3) is 0 Å². The van der Waals surface area contributed by atoms with Gasteiger partial charge < -0.3 is 19.5 Å². The number of ether oxygens (including phenoxy) is 3. The maximum absolute atomic E-state index is 11.6. The van der Waals surface area contributed by atoms with Crippen molar-refractivity contribution in [2.75, 3.05) is 40.1 Å². The van der Waals surface area contributed by atoms with Crippen molar-refractivity contribution in [1.82, 2.24) is 5.32 Å². The van der Waals surface area contributed by atoms with Crippen molar-refractivity contribution in [2.24, 2.45) is 0 Å². The standard InChI is InChI=1S/C14H18Cl3NO4/c1-20-5-6-21-4-2-3-18-14(19)9-22-13-8-11(16)10(15)7-12(13)17/h7-8H,2-6,9H2,1H3,(H,18,19). The van der Waals surface area contributed by atoms with E-state index in [1.165, 1.54) is 12.1 Å². The zero-order chi connectivity index (χ0) is 16.4. The number of rotatable bonds is 10. The van der Waals surface area contributed by atoms with Gasteiger partial charge in [-0.15, -0.1) is 0 Å². The van der Waals surface area contributed by atoms with Crippen LogP contribution in [0.1, 0.15) is 6.42 Å². The van der Waals surface area contributed by atoms with E-state index in [1.54, 1.807) is 7.11 Å². The number of halogens is 3. The molecule has 0 unspecified atom stereocenters. The maximum atomic E-state index is 11.6. The summed E-state index contributed by atoms with van der Waals surface area (Å²) >= 11 is 17.6. The van der Waals surface area contributed by atoms with Gasteiger partial charge in [0.15, 0.2) is 6.61 Å². The molecule has 0 atom stereocenters. The fourth-order valence-electron chi connectivity index (χ4n) is 1.46. The van der Waals surface area contributed by atoms with Crippen molar-refractivity contribution in [3.05, 3.63) is 27.2 Å². The summed E-state index contributed by atoms with van der Waals surface area (Å²) in [5, 5.41) is 3.66. The van der Waals surface area contributed by atoms with Crippen LogP contribution >= 0.6 is 34.8 Å². The molecule has 22 heavy (non-hydrogen) atoms. The predicted molar refractivity (Wildman–Crippen MR) is 87.3 cm³/mol. The lowest BCUT2D eigenvalue weighted by Gasteiger charge is -2.10. The minimum absolute atomic E-state index is 0.151. The van der Waals surface area contributed by atoms with Crippen molar-refractivity contribution in [3.8, 4) is 5.75 Å². The van der Waals surface area contributed by atoms with Gasteiger partial charge >= 0.3 is 0 Å². The maximum Gasteiger partial charge on any atom is 0.257 e. The van der Waals surface area contributed by atoms with Crippen molar-refractivity contribution in [1.29, 1.82) is 0 Å². The quantitative estimate of drug-likeness (QED) is 0.507. The number of hydrogen-bond acceptors (Lipinski definition) is 4. The highest BCUT2D eigenvalue weighted by Gasteiger charge is 2.09. The lowest BCUT2D eigenvalue weighted by molar-refractivity contribution is -0.123. The Morgan fingerprint density at radius 2 is 1.82 bits per heavy atom. The fraction of sp³-hybridized carbons (Fsp3) is 0.500. The lowest BCUT2D eigenvalue weighted by Crippen LogP contribution is -2.30. The molecule has 0 aliphatic heterocycles. The molecule has 1 aromatic carbocycles. The summed E-state index contributed by atoms with van der Waals surface area (Å²) in [6.45, 7) is 2.02. The first kappa shape index (κ1) is 19.3. The molecule has 0 radical (unpaired) electrons. The van der Waals surface area contributed by atoms with Gasteiger partial charge in [-0.1, -0.05) is 34.8 Å². The van der Waals surface area contributed by atoms with Gasteiger partial charge in [-0.25, -0.2) is 0 Å². The number of amides is 1. The first-order chi connectivity index (χ1) is 10.5. The van der Waals surface area contributed by atoms with E-state index in [-0.39, 0.29) is 12.5 Å². The van der Waals surface area contributed by atoms with Crippen molar-refractivity contribution >= 4 is 40.7 Å². The monoisotopic (exact) mass is 369 g/mol. The number of carbonyl (C=O) groups is 1. The van der Waals surface area contributed by atoms with E-state index < -0.39 is 0 Å². The third-order valence-electron chi connectivity index (χ3n) is 2.55. The number of nitrogens with one attached hydrogen (secondary N) is 1. The molecule has 8 heteroatoms. The smallest absolute Gasteiger partial charge is 0.257 e. The van der Waals surface area contributed by atoms with E-state index >= 15 is 0 Å². The second-order valence-electron chi connectivity index (χ2n) is 4.29. The van der Waals surface area contributed by atoms with Crippen molar-refractivity contribution in [3.63, 3.8) is 0 Å². The lowest BCUT2D eigenvalue weighted by atomic mass is 10.3. The van der Waals surface area contributed by atoms with Gasteiger partial charge in [-0.3, -0.25) is 4.79 Å². The Hall–Kier alpha value is -0.720. The predicted octanol–water partition coefficient (Wildman–Crippen LogP) is 3.19. The van der Waals surface area contributed by atoms with E-state index in [0.717, 1.165) is 0 Å². The molecular weight excluding hydrogens is 353 g/mol. The van der Waals surface area contributed by atoms with E-state index in [2.05, 4.69) is 5.32 Å². The number of carbonyl (C=O) groups excluding carboxylic acids is 1. The highest BCUT2D eigenvalue weighted by molar-refractivity contribution is 6.43. The van der Waals surface area contributed by atoms with Crippen LogP contribution in [0.3, 0.4) is 0 Å². The third kappa shape index (κ3) is 7.51. The van der Waals surface area contributed by atoms with Crippen LogP contribution in [0.4, 0.5) is 0 Å². The van der Waals surface area contributed by atoms with Gasteiger partial charge in [0.05, 0.1) is 28.3 Å². The fourth-order valence-corrected chi connectivity index (χ4v) is 2.05. The van der Waals surface area contributed by atoms with Gasteiger partial charge in [0.25, 0.3) is 5.91 Å². The summed E-state index contributed by atoms with van der Waals surface area (Å²) < 4.78 is 15.4. The normalized spacial score (nSPS) is 10.5. The third-order valence-corrected chi connectivity index (χ3v) is 3.57. The molecular formula is C14H18Cl3NO4. The summed E-state index contributed by atoms with van der Waals surface area (Å²) in [4.78, 5) is 11.6. The molecule has 0 saturated heterocycles. The molecule has 0 fully saturated rings. The Morgan fingerprint density at radius 3 is 2.55 bits per heavy atom. The van der Waals surface area contributed by atoms with Crippen molar-refractivity contribution < 1.29 is 19.0 Å². The molecule has 0 saturated carbocycles. The summed E-state index contributed by atoms with van der Waals surface area (Å²) in [5.74, 6) is 0.0631. The summed E-state index contributed by atoms with van der Waals surface area (Å²) in [7, 11) is 1.61. The molecule has 1 rings (SSSR count). The first-order valence-corrected chi connectivity index (χ1v) is 7.78. The van der Waals surface area contributed by atoms with Gasteiger partial charge in [0.1, 0.15) is 5.75 Å². The van der Waals surface area contributed by atoms with Crippen LogP contribution < -0.4 is 10.1 Å². The summed E-state index contributed by atoms with van der Waals surface area (Å²) in [6.07, 6.45) is 0.711. The Labute approximate surface area is 144 Å². The van der Waals surface area contributed by atoms with Gasteiger partial charge in [0.2, 0.25) is 0 Å². The van der Waals surface area contributed by atoms with E-state index in [9.17, 15) is 4.79 Å². The topological polar surface area (TPSA) is 56.8 Å². The number of hydrogen-bond donors (Lipinski definition) is 1. The zero-order valence-corrected chi connectivity index (χ0v) is 14.4. The highest BCUT2D eigenvalue weighted by atomic mass is 35.5.